The lowest BCUT2D eigenvalue weighted by Gasteiger charge is -2.28. The average molecular weight is 261 g/mol. The Morgan fingerprint density at radius 2 is 2.26 bits per heavy atom. The lowest BCUT2D eigenvalue weighted by molar-refractivity contribution is -0.122. The van der Waals surface area contributed by atoms with Crippen LogP contribution in [0.3, 0.4) is 0 Å². The van der Waals surface area contributed by atoms with Gasteiger partial charge in [0.05, 0.1) is 6.54 Å². The van der Waals surface area contributed by atoms with Crippen molar-refractivity contribution in [2.75, 3.05) is 25.4 Å². The predicted octanol–water partition coefficient (Wildman–Crippen LogP) is 1.54. The van der Waals surface area contributed by atoms with Gasteiger partial charge < -0.3 is 11.1 Å². The van der Waals surface area contributed by atoms with E-state index >= 15 is 0 Å². The normalized spacial score (nSPS) is 15.0. The Morgan fingerprint density at radius 3 is 3.05 bits per heavy atom. The van der Waals surface area contributed by atoms with E-state index in [4.69, 9.17) is 5.73 Å². The van der Waals surface area contributed by atoms with Crippen molar-refractivity contribution >= 4 is 11.6 Å². The summed E-state index contributed by atoms with van der Waals surface area (Å²) in [6.07, 6.45) is 3.15. The Hall–Kier alpha value is -1.55. The van der Waals surface area contributed by atoms with Gasteiger partial charge in [-0.1, -0.05) is 19.4 Å². The molecule has 0 saturated heterocycles. The summed E-state index contributed by atoms with van der Waals surface area (Å²) in [7, 11) is 0. The number of benzene rings is 1. The molecule has 1 amide bonds. The fourth-order valence-electron chi connectivity index (χ4n) is 2.43. The minimum Gasteiger partial charge on any atom is -0.399 e. The maximum Gasteiger partial charge on any atom is 0.234 e. The quantitative estimate of drug-likeness (QED) is 0.624. The van der Waals surface area contributed by atoms with Gasteiger partial charge in [-0.25, -0.2) is 0 Å². The van der Waals surface area contributed by atoms with E-state index < -0.39 is 0 Å². The van der Waals surface area contributed by atoms with Crippen molar-refractivity contribution in [3.63, 3.8) is 0 Å². The van der Waals surface area contributed by atoms with E-state index in [-0.39, 0.29) is 5.91 Å². The summed E-state index contributed by atoms with van der Waals surface area (Å²) in [5.74, 6) is 0.126. The molecule has 0 radical (unpaired) electrons. The van der Waals surface area contributed by atoms with Crippen molar-refractivity contribution in [2.24, 2.45) is 0 Å². The van der Waals surface area contributed by atoms with Gasteiger partial charge in [0.1, 0.15) is 0 Å². The number of anilines is 1. The maximum absolute atomic E-state index is 11.8. The molecule has 0 spiro atoms. The van der Waals surface area contributed by atoms with Crippen LogP contribution in [0.1, 0.15) is 30.9 Å². The zero-order valence-corrected chi connectivity index (χ0v) is 11.6. The largest absolute Gasteiger partial charge is 0.399 e. The Kier molecular flexibility index (Phi) is 4.80. The van der Waals surface area contributed by atoms with Crippen LogP contribution in [0, 0.1) is 0 Å². The monoisotopic (exact) mass is 261 g/mol. The summed E-state index contributed by atoms with van der Waals surface area (Å²) < 4.78 is 0. The summed E-state index contributed by atoms with van der Waals surface area (Å²) in [5, 5.41) is 2.96. The first-order valence-corrected chi connectivity index (χ1v) is 7.05. The molecule has 0 bridgehead atoms. The number of carbonyl (C=O) groups excluding carboxylic acids is 1. The number of rotatable bonds is 5. The van der Waals surface area contributed by atoms with E-state index in [1.807, 2.05) is 12.1 Å². The first kappa shape index (κ1) is 13.9. The van der Waals surface area contributed by atoms with E-state index in [0.717, 1.165) is 44.6 Å². The molecule has 19 heavy (non-hydrogen) atoms. The van der Waals surface area contributed by atoms with E-state index in [1.54, 1.807) is 0 Å². The SMILES string of the molecule is CCCCNC(=O)CN1CCc2ccc(N)cc2C1. The molecule has 104 valence electrons. The van der Waals surface area contributed by atoms with Crippen LogP contribution in [-0.4, -0.2) is 30.4 Å². The smallest absolute Gasteiger partial charge is 0.234 e. The number of hydrogen-bond donors (Lipinski definition) is 2. The molecule has 0 unspecified atom stereocenters. The topological polar surface area (TPSA) is 58.4 Å². The van der Waals surface area contributed by atoms with E-state index in [0.29, 0.717) is 6.54 Å². The Labute approximate surface area is 115 Å². The summed E-state index contributed by atoms with van der Waals surface area (Å²) in [5.41, 5.74) is 9.23. The number of nitrogens with two attached hydrogens (primary N) is 1. The second-order valence-corrected chi connectivity index (χ2v) is 5.19. The summed E-state index contributed by atoms with van der Waals surface area (Å²) in [4.78, 5) is 14.0. The van der Waals surface area contributed by atoms with Crippen LogP contribution < -0.4 is 11.1 Å². The minimum atomic E-state index is 0.126. The number of fused-ring (bicyclic) bond motifs is 1. The van der Waals surface area contributed by atoms with Gasteiger partial charge in [-0.2, -0.15) is 0 Å². The molecule has 1 aromatic rings. The lowest BCUT2D eigenvalue weighted by Crippen LogP contribution is -2.40. The van der Waals surface area contributed by atoms with Gasteiger partial charge in [0, 0.05) is 25.3 Å². The van der Waals surface area contributed by atoms with Crippen LogP contribution in [0.25, 0.3) is 0 Å². The third kappa shape index (κ3) is 3.96. The van der Waals surface area contributed by atoms with Crippen LogP contribution in [0.2, 0.25) is 0 Å². The minimum absolute atomic E-state index is 0.126. The molecule has 1 aromatic carbocycles. The third-order valence-electron chi connectivity index (χ3n) is 3.54. The molecule has 0 aliphatic carbocycles. The molecule has 2 rings (SSSR count). The van der Waals surface area contributed by atoms with Crippen molar-refractivity contribution in [1.82, 2.24) is 10.2 Å². The van der Waals surface area contributed by atoms with Crippen LogP contribution in [0.15, 0.2) is 18.2 Å². The number of nitrogens with one attached hydrogen (secondary N) is 1. The van der Waals surface area contributed by atoms with E-state index in [1.165, 1.54) is 11.1 Å². The summed E-state index contributed by atoms with van der Waals surface area (Å²) in [6.45, 7) is 5.16. The highest BCUT2D eigenvalue weighted by molar-refractivity contribution is 5.78. The van der Waals surface area contributed by atoms with Crippen molar-refractivity contribution in [3.05, 3.63) is 29.3 Å². The summed E-state index contributed by atoms with van der Waals surface area (Å²) in [6, 6.07) is 6.08. The van der Waals surface area contributed by atoms with E-state index in [9.17, 15) is 4.79 Å². The lowest BCUT2D eigenvalue weighted by atomic mass is 9.99. The number of nitrogens with zero attached hydrogens (tertiary/aromatic N) is 1. The van der Waals surface area contributed by atoms with Crippen molar-refractivity contribution < 1.29 is 4.79 Å². The standard InChI is InChI=1S/C15H23N3O/c1-2-3-7-17-15(19)11-18-8-6-12-4-5-14(16)9-13(12)10-18/h4-5,9H,2-3,6-8,10-11,16H2,1H3,(H,17,19). The molecule has 1 heterocycles. The molecule has 0 saturated carbocycles. The average Bonchev–Trinajstić information content (AvgIpc) is 2.38. The fraction of sp³-hybridized carbons (Fsp3) is 0.533. The third-order valence-corrected chi connectivity index (χ3v) is 3.54. The molecule has 1 aliphatic heterocycles. The number of nitrogen functional groups attached to an aromatic ring is 1. The molecular formula is C15H23N3O. The van der Waals surface area contributed by atoms with Gasteiger partial charge >= 0.3 is 0 Å². The maximum atomic E-state index is 11.8. The van der Waals surface area contributed by atoms with Gasteiger partial charge in [-0.05, 0) is 36.1 Å². The molecule has 4 heteroatoms. The number of hydrogen-bond acceptors (Lipinski definition) is 3. The van der Waals surface area contributed by atoms with Gasteiger partial charge in [-0.3, -0.25) is 9.69 Å². The highest BCUT2D eigenvalue weighted by Crippen LogP contribution is 2.20. The molecule has 0 atom stereocenters. The Morgan fingerprint density at radius 1 is 1.42 bits per heavy atom. The Balaban J connectivity index is 1.86. The molecule has 3 N–H and O–H groups in total. The molecule has 1 aliphatic rings. The predicted molar refractivity (Wildman–Crippen MR) is 77.8 cm³/mol. The van der Waals surface area contributed by atoms with Crippen LogP contribution in [0.5, 0.6) is 0 Å². The van der Waals surface area contributed by atoms with E-state index in [2.05, 4.69) is 23.2 Å². The van der Waals surface area contributed by atoms with Crippen molar-refractivity contribution in [2.45, 2.75) is 32.7 Å². The molecule has 0 aromatic heterocycles. The fourth-order valence-corrected chi connectivity index (χ4v) is 2.43. The van der Waals surface area contributed by atoms with Gasteiger partial charge in [-0.15, -0.1) is 0 Å². The van der Waals surface area contributed by atoms with Crippen LogP contribution in [0.4, 0.5) is 5.69 Å². The molecule has 4 nitrogen and oxygen atoms in total. The van der Waals surface area contributed by atoms with Gasteiger partial charge in [0.15, 0.2) is 0 Å². The first-order valence-electron chi connectivity index (χ1n) is 7.05. The highest BCUT2D eigenvalue weighted by Gasteiger charge is 2.18. The summed E-state index contributed by atoms with van der Waals surface area (Å²) >= 11 is 0. The van der Waals surface area contributed by atoms with Crippen LogP contribution >= 0.6 is 0 Å². The second-order valence-electron chi connectivity index (χ2n) is 5.19. The second kappa shape index (κ2) is 6.57. The van der Waals surface area contributed by atoms with Crippen molar-refractivity contribution in [1.29, 1.82) is 0 Å². The molecular weight excluding hydrogens is 238 g/mol. The number of unbranched alkanes of at least 4 members (excludes halogenated alkanes) is 1. The Bertz CT molecular complexity index is 445. The number of carbonyl (C=O) groups is 1. The van der Waals surface area contributed by atoms with Gasteiger partial charge in [0.2, 0.25) is 5.91 Å². The number of amides is 1. The zero-order chi connectivity index (χ0) is 13.7. The highest BCUT2D eigenvalue weighted by atomic mass is 16.2. The molecule has 0 fully saturated rings. The first-order chi connectivity index (χ1) is 9.19. The van der Waals surface area contributed by atoms with Crippen LogP contribution in [-0.2, 0) is 17.8 Å². The van der Waals surface area contributed by atoms with Gasteiger partial charge in [0.25, 0.3) is 0 Å². The van der Waals surface area contributed by atoms with Crippen molar-refractivity contribution in [3.8, 4) is 0 Å². The zero-order valence-electron chi connectivity index (χ0n) is 11.6.